The van der Waals surface area contributed by atoms with E-state index < -0.39 is 0 Å². The lowest BCUT2D eigenvalue weighted by Gasteiger charge is -2.06. The van der Waals surface area contributed by atoms with E-state index in [1.165, 1.54) is 24.8 Å². The quantitative estimate of drug-likeness (QED) is 0.892. The molecule has 0 aliphatic heterocycles. The van der Waals surface area contributed by atoms with Crippen LogP contribution >= 0.6 is 15.9 Å². The van der Waals surface area contributed by atoms with E-state index in [1.54, 1.807) is 0 Å². The standard InChI is InChI=1S/C11H15BrN2/c1-8-6-11(14-7-10(8)12)13-5-4-9-2-3-9/h6-7,9H,2-5H2,1H3,(H,13,14). The zero-order valence-corrected chi connectivity index (χ0v) is 9.97. The molecule has 1 aromatic heterocycles. The van der Waals surface area contributed by atoms with E-state index in [2.05, 4.69) is 39.2 Å². The topological polar surface area (TPSA) is 24.9 Å². The van der Waals surface area contributed by atoms with Crippen molar-refractivity contribution in [2.75, 3.05) is 11.9 Å². The Bertz CT molecular complexity index is 321. The van der Waals surface area contributed by atoms with Crippen LogP contribution in [-0.4, -0.2) is 11.5 Å². The number of anilines is 1. The van der Waals surface area contributed by atoms with Gasteiger partial charge in [-0.3, -0.25) is 0 Å². The van der Waals surface area contributed by atoms with Crippen LogP contribution in [0.5, 0.6) is 0 Å². The molecule has 1 aliphatic carbocycles. The minimum Gasteiger partial charge on any atom is -0.370 e. The van der Waals surface area contributed by atoms with Crippen LogP contribution in [0.3, 0.4) is 0 Å². The molecule has 2 rings (SSSR count). The van der Waals surface area contributed by atoms with Crippen molar-refractivity contribution in [1.82, 2.24) is 4.98 Å². The Morgan fingerprint density at radius 2 is 2.36 bits per heavy atom. The van der Waals surface area contributed by atoms with Gasteiger partial charge in [0.1, 0.15) is 5.82 Å². The smallest absolute Gasteiger partial charge is 0.126 e. The van der Waals surface area contributed by atoms with Gasteiger partial charge >= 0.3 is 0 Å². The lowest BCUT2D eigenvalue weighted by atomic mass is 10.3. The van der Waals surface area contributed by atoms with Crippen LogP contribution < -0.4 is 5.32 Å². The van der Waals surface area contributed by atoms with Crippen LogP contribution in [0, 0.1) is 12.8 Å². The number of hydrogen-bond donors (Lipinski definition) is 1. The second kappa shape index (κ2) is 4.30. The largest absolute Gasteiger partial charge is 0.370 e. The number of nitrogens with one attached hydrogen (secondary N) is 1. The summed E-state index contributed by atoms with van der Waals surface area (Å²) in [5.41, 5.74) is 1.23. The van der Waals surface area contributed by atoms with Gasteiger partial charge in [0.05, 0.1) is 0 Å². The molecule has 0 saturated heterocycles. The summed E-state index contributed by atoms with van der Waals surface area (Å²) in [4.78, 5) is 4.30. The van der Waals surface area contributed by atoms with Gasteiger partial charge in [-0.1, -0.05) is 12.8 Å². The number of halogens is 1. The van der Waals surface area contributed by atoms with Crippen LogP contribution in [0.1, 0.15) is 24.8 Å². The summed E-state index contributed by atoms with van der Waals surface area (Å²) in [6, 6.07) is 2.08. The van der Waals surface area contributed by atoms with E-state index in [-0.39, 0.29) is 0 Å². The van der Waals surface area contributed by atoms with Gasteiger partial charge in [0.25, 0.3) is 0 Å². The molecule has 1 aliphatic rings. The van der Waals surface area contributed by atoms with Crippen molar-refractivity contribution >= 4 is 21.7 Å². The third-order valence-corrected chi connectivity index (χ3v) is 3.43. The zero-order chi connectivity index (χ0) is 9.97. The van der Waals surface area contributed by atoms with E-state index in [0.29, 0.717) is 0 Å². The van der Waals surface area contributed by atoms with Gasteiger partial charge in [0.15, 0.2) is 0 Å². The second-order valence-corrected chi connectivity index (χ2v) is 4.83. The summed E-state index contributed by atoms with van der Waals surface area (Å²) < 4.78 is 1.07. The van der Waals surface area contributed by atoms with Gasteiger partial charge in [-0.2, -0.15) is 0 Å². The van der Waals surface area contributed by atoms with Gasteiger partial charge in [0.2, 0.25) is 0 Å². The van der Waals surface area contributed by atoms with Gasteiger partial charge in [-0.25, -0.2) is 4.98 Å². The highest BCUT2D eigenvalue weighted by Gasteiger charge is 2.20. The molecule has 0 amide bonds. The number of aryl methyl sites for hydroxylation is 1. The van der Waals surface area contributed by atoms with Crippen LogP contribution in [0.15, 0.2) is 16.7 Å². The molecule has 0 bridgehead atoms. The summed E-state index contributed by atoms with van der Waals surface area (Å²) in [5, 5.41) is 3.35. The second-order valence-electron chi connectivity index (χ2n) is 3.98. The van der Waals surface area contributed by atoms with Crippen molar-refractivity contribution in [3.63, 3.8) is 0 Å². The first-order valence-electron chi connectivity index (χ1n) is 5.12. The monoisotopic (exact) mass is 254 g/mol. The highest BCUT2D eigenvalue weighted by atomic mass is 79.9. The Hall–Kier alpha value is -0.570. The third-order valence-electron chi connectivity index (χ3n) is 2.60. The number of aromatic nitrogens is 1. The molecule has 1 fully saturated rings. The first-order chi connectivity index (χ1) is 6.75. The summed E-state index contributed by atoms with van der Waals surface area (Å²) in [6.45, 7) is 3.14. The highest BCUT2D eigenvalue weighted by Crippen LogP contribution is 2.32. The summed E-state index contributed by atoms with van der Waals surface area (Å²) in [7, 11) is 0. The molecule has 0 spiro atoms. The normalized spacial score (nSPS) is 15.6. The summed E-state index contributed by atoms with van der Waals surface area (Å²) >= 11 is 3.44. The fraction of sp³-hybridized carbons (Fsp3) is 0.545. The fourth-order valence-corrected chi connectivity index (χ4v) is 1.66. The molecule has 1 N–H and O–H groups in total. The van der Waals surface area contributed by atoms with Gasteiger partial charge < -0.3 is 5.32 Å². The van der Waals surface area contributed by atoms with Crippen molar-refractivity contribution in [1.29, 1.82) is 0 Å². The molecule has 76 valence electrons. The van der Waals surface area contributed by atoms with Crippen molar-refractivity contribution in [3.05, 3.63) is 22.3 Å². The van der Waals surface area contributed by atoms with E-state index in [0.717, 1.165) is 22.8 Å². The van der Waals surface area contributed by atoms with E-state index >= 15 is 0 Å². The Morgan fingerprint density at radius 3 is 3.00 bits per heavy atom. The predicted molar refractivity (Wildman–Crippen MR) is 62.5 cm³/mol. The molecule has 0 atom stereocenters. The van der Waals surface area contributed by atoms with Crippen LogP contribution in [0.4, 0.5) is 5.82 Å². The lowest BCUT2D eigenvalue weighted by Crippen LogP contribution is -2.04. The first-order valence-corrected chi connectivity index (χ1v) is 5.91. The molecule has 0 aromatic carbocycles. The Kier molecular flexibility index (Phi) is 3.06. The highest BCUT2D eigenvalue weighted by molar-refractivity contribution is 9.10. The maximum Gasteiger partial charge on any atom is 0.126 e. The summed E-state index contributed by atoms with van der Waals surface area (Å²) in [6.07, 6.45) is 5.99. The number of hydrogen-bond acceptors (Lipinski definition) is 2. The molecule has 2 nitrogen and oxygen atoms in total. The van der Waals surface area contributed by atoms with Crippen molar-refractivity contribution < 1.29 is 0 Å². The molecule has 1 heterocycles. The first kappa shape index (κ1) is 9.97. The number of rotatable bonds is 4. The third kappa shape index (κ3) is 2.71. The fourth-order valence-electron chi connectivity index (χ4n) is 1.45. The Labute approximate surface area is 93.3 Å². The minimum atomic E-state index is 0.985. The SMILES string of the molecule is Cc1cc(NCCC2CC2)ncc1Br. The maximum atomic E-state index is 4.30. The predicted octanol–water partition coefficient (Wildman–Crippen LogP) is 3.36. The van der Waals surface area contributed by atoms with Crippen LogP contribution in [0.2, 0.25) is 0 Å². The molecule has 1 saturated carbocycles. The lowest BCUT2D eigenvalue weighted by molar-refractivity contribution is 0.758. The van der Waals surface area contributed by atoms with Gasteiger partial charge in [0, 0.05) is 17.2 Å². The number of nitrogens with zero attached hydrogens (tertiary/aromatic N) is 1. The molecule has 3 heteroatoms. The molecule has 0 unspecified atom stereocenters. The molecular formula is C11H15BrN2. The average Bonchev–Trinajstić information content (AvgIpc) is 2.95. The Morgan fingerprint density at radius 1 is 1.57 bits per heavy atom. The van der Waals surface area contributed by atoms with Gasteiger partial charge in [-0.05, 0) is 46.8 Å². The average molecular weight is 255 g/mol. The zero-order valence-electron chi connectivity index (χ0n) is 8.39. The minimum absolute atomic E-state index is 0.985. The van der Waals surface area contributed by atoms with Crippen molar-refractivity contribution in [3.8, 4) is 0 Å². The molecular weight excluding hydrogens is 240 g/mol. The Balaban J connectivity index is 1.85. The number of pyridine rings is 1. The maximum absolute atomic E-state index is 4.30. The van der Waals surface area contributed by atoms with Crippen molar-refractivity contribution in [2.45, 2.75) is 26.2 Å². The van der Waals surface area contributed by atoms with Gasteiger partial charge in [-0.15, -0.1) is 0 Å². The van der Waals surface area contributed by atoms with Crippen LogP contribution in [0.25, 0.3) is 0 Å². The molecule has 1 aromatic rings. The van der Waals surface area contributed by atoms with Crippen molar-refractivity contribution in [2.24, 2.45) is 5.92 Å². The summed E-state index contributed by atoms with van der Waals surface area (Å²) in [5.74, 6) is 1.98. The molecule has 14 heavy (non-hydrogen) atoms. The van der Waals surface area contributed by atoms with E-state index in [9.17, 15) is 0 Å². The van der Waals surface area contributed by atoms with E-state index in [1.807, 2.05) is 6.20 Å². The molecule has 0 radical (unpaired) electrons. The van der Waals surface area contributed by atoms with Crippen LogP contribution in [-0.2, 0) is 0 Å². The van der Waals surface area contributed by atoms with E-state index in [4.69, 9.17) is 0 Å².